The zero-order chi connectivity index (χ0) is 20.8. The highest BCUT2D eigenvalue weighted by Gasteiger charge is 2.20. The molecule has 3 aromatic rings. The number of anilines is 1. The molecule has 1 fully saturated rings. The molecule has 7 heteroatoms. The highest BCUT2D eigenvalue weighted by atomic mass is 32.1. The molecule has 30 heavy (non-hydrogen) atoms. The van der Waals surface area contributed by atoms with Crippen LogP contribution in [0, 0.1) is 0 Å². The second kappa shape index (κ2) is 10.1. The van der Waals surface area contributed by atoms with Crippen molar-refractivity contribution in [2.45, 2.75) is 38.9 Å². The number of benzene rings is 2. The van der Waals surface area contributed by atoms with E-state index in [1.54, 1.807) is 11.3 Å². The Morgan fingerprint density at radius 2 is 1.57 bits per heavy atom. The van der Waals surface area contributed by atoms with Gasteiger partial charge in [0.2, 0.25) is 0 Å². The summed E-state index contributed by atoms with van der Waals surface area (Å²) >= 11 is 1.57. The summed E-state index contributed by atoms with van der Waals surface area (Å²) in [5.41, 5.74) is 4.24. The molecule has 0 atom stereocenters. The largest absolute Gasteiger partial charge is 0.378 e. The minimum Gasteiger partial charge on any atom is -0.378 e. The topological polar surface area (TPSA) is 67.7 Å². The molecule has 0 amide bonds. The van der Waals surface area contributed by atoms with Crippen molar-refractivity contribution in [1.82, 2.24) is 10.2 Å². The van der Waals surface area contributed by atoms with Crippen molar-refractivity contribution >= 4 is 17.0 Å². The van der Waals surface area contributed by atoms with Gasteiger partial charge in [0.25, 0.3) is 0 Å². The molecule has 1 aliphatic heterocycles. The lowest BCUT2D eigenvalue weighted by molar-refractivity contribution is -0.253. The summed E-state index contributed by atoms with van der Waals surface area (Å²) in [7, 11) is 0. The number of rotatable bonds is 8. The van der Waals surface area contributed by atoms with Gasteiger partial charge >= 0.3 is 0 Å². The Bertz CT molecular complexity index is 920. The van der Waals surface area contributed by atoms with Gasteiger partial charge < -0.3 is 9.64 Å². The van der Waals surface area contributed by atoms with Crippen LogP contribution in [0.3, 0.4) is 0 Å². The molecule has 1 saturated heterocycles. The van der Waals surface area contributed by atoms with E-state index in [2.05, 4.69) is 51.2 Å². The van der Waals surface area contributed by atoms with Crippen molar-refractivity contribution in [3.63, 3.8) is 0 Å². The Labute approximate surface area is 181 Å². The van der Waals surface area contributed by atoms with E-state index in [0.29, 0.717) is 6.10 Å². The van der Waals surface area contributed by atoms with E-state index in [4.69, 9.17) is 9.99 Å². The quantitative estimate of drug-likeness (QED) is 0.392. The number of piperidine rings is 1. The first kappa shape index (κ1) is 20.9. The van der Waals surface area contributed by atoms with Crippen molar-refractivity contribution in [3.8, 4) is 21.1 Å². The Morgan fingerprint density at radius 1 is 0.967 bits per heavy atom. The fourth-order valence-electron chi connectivity index (χ4n) is 3.65. The van der Waals surface area contributed by atoms with Crippen molar-refractivity contribution in [1.29, 1.82) is 0 Å². The number of hydrogen-bond donors (Lipinski definition) is 1. The summed E-state index contributed by atoms with van der Waals surface area (Å²) in [6, 6.07) is 16.4. The minimum atomic E-state index is 0.178. The predicted molar refractivity (Wildman–Crippen MR) is 120 cm³/mol. The van der Waals surface area contributed by atoms with Crippen molar-refractivity contribution in [3.05, 3.63) is 54.1 Å². The molecule has 1 aliphatic rings. The summed E-state index contributed by atoms with van der Waals surface area (Å²) in [5, 5.41) is 19.1. The lowest BCUT2D eigenvalue weighted by Gasteiger charge is -2.33. The average Bonchev–Trinajstić information content (AvgIpc) is 3.29. The van der Waals surface area contributed by atoms with E-state index in [9.17, 15) is 0 Å². The summed E-state index contributed by atoms with van der Waals surface area (Å²) in [6.07, 6.45) is 3.67. The van der Waals surface area contributed by atoms with Crippen molar-refractivity contribution < 1.29 is 14.9 Å². The van der Waals surface area contributed by atoms with E-state index in [1.807, 2.05) is 24.3 Å². The fourth-order valence-corrected chi connectivity index (χ4v) is 4.51. The third kappa shape index (κ3) is 5.05. The molecule has 0 bridgehead atoms. The third-order valence-electron chi connectivity index (χ3n) is 5.34. The monoisotopic (exact) mass is 425 g/mol. The van der Waals surface area contributed by atoms with Gasteiger partial charge in [0.15, 0.2) is 0 Å². The third-order valence-corrected chi connectivity index (χ3v) is 6.36. The Balaban J connectivity index is 1.39. The molecule has 4 rings (SSSR count). The van der Waals surface area contributed by atoms with Crippen LogP contribution in [0.4, 0.5) is 5.69 Å². The fraction of sp³-hybridized carbons (Fsp3) is 0.391. The van der Waals surface area contributed by atoms with Gasteiger partial charge in [0, 0.05) is 36.5 Å². The second-order valence-corrected chi connectivity index (χ2v) is 8.46. The maximum absolute atomic E-state index is 8.55. The number of hydrogen-bond acceptors (Lipinski definition) is 7. The van der Waals surface area contributed by atoms with Crippen LogP contribution in [-0.2, 0) is 16.2 Å². The Kier molecular flexibility index (Phi) is 7.07. The van der Waals surface area contributed by atoms with E-state index in [0.717, 1.165) is 65.7 Å². The van der Waals surface area contributed by atoms with Crippen LogP contribution in [0.5, 0.6) is 0 Å². The zero-order valence-electron chi connectivity index (χ0n) is 17.2. The SMILES string of the molecule is CCCOC1CCN(c2ccc(-c3nnc(-c4ccc(COO)cc4)s3)cc2)CC1. The highest BCUT2D eigenvalue weighted by Crippen LogP contribution is 2.31. The molecule has 0 unspecified atom stereocenters. The van der Waals surface area contributed by atoms with Gasteiger partial charge in [0.1, 0.15) is 16.6 Å². The maximum Gasteiger partial charge on any atom is 0.148 e. The van der Waals surface area contributed by atoms with Crippen LogP contribution >= 0.6 is 11.3 Å². The van der Waals surface area contributed by atoms with Crippen molar-refractivity contribution in [2.75, 3.05) is 24.6 Å². The number of nitrogens with zero attached hydrogens (tertiary/aromatic N) is 3. The molecule has 0 aliphatic carbocycles. The smallest absolute Gasteiger partial charge is 0.148 e. The average molecular weight is 426 g/mol. The molecule has 2 heterocycles. The second-order valence-electron chi connectivity index (χ2n) is 7.49. The van der Waals surface area contributed by atoms with Gasteiger partial charge in [-0.3, -0.25) is 5.26 Å². The van der Waals surface area contributed by atoms with E-state index in [1.165, 1.54) is 5.69 Å². The Morgan fingerprint density at radius 3 is 2.13 bits per heavy atom. The van der Waals surface area contributed by atoms with Crippen LogP contribution in [0.1, 0.15) is 31.7 Å². The van der Waals surface area contributed by atoms with E-state index >= 15 is 0 Å². The van der Waals surface area contributed by atoms with Crippen LogP contribution in [0.2, 0.25) is 0 Å². The number of ether oxygens (including phenoxy) is 1. The summed E-state index contributed by atoms with van der Waals surface area (Å²) < 4.78 is 5.89. The molecule has 1 aromatic heterocycles. The molecular formula is C23H27N3O3S. The van der Waals surface area contributed by atoms with Gasteiger partial charge in [-0.1, -0.05) is 42.5 Å². The summed E-state index contributed by atoms with van der Waals surface area (Å²) in [5.74, 6) is 0. The van der Waals surface area contributed by atoms with Crippen LogP contribution in [-0.4, -0.2) is 41.3 Å². The lowest BCUT2D eigenvalue weighted by Crippen LogP contribution is -2.37. The molecule has 6 nitrogen and oxygen atoms in total. The standard InChI is InChI=1S/C23H27N3O3S/c1-2-15-28-21-11-13-26(14-12-21)20-9-7-19(8-10-20)23-25-24-22(30-23)18-5-3-17(4-6-18)16-29-27/h3-10,21,27H,2,11-16H2,1H3. The first-order valence-corrected chi connectivity index (χ1v) is 11.2. The van der Waals surface area contributed by atoms with Crippen molar-refractivity contribution in [2.24, 2.45) is 0 Å². The first-order valence-electron chi connectivity index (χ1n) is 10.4. The predicted octanol–water partition coefficient (Wildman–Crippen LogP) is 5.26. The highest BCUT2D eigenvalue weighted by molar-refractivity contribution is 7.17. The summed E-state index contributed by atoms with van der Waals surface area (Å²) in [6.45, 7) is 5.27. The molecular weight excluding hydrogens is 398 g/mol. The van der Waals surface area contributed by atoms with Gasteiger partial charge in [-0.15, -0.1) is 10.2 Å². The normalized spacial score (nSPS) is 14.9. The minimum absolute atomic E-state index is 0.178. The molecule has 0 spiro atoms. The molecule has 1 N–H and O–H groups in total. The van der Waals surface area contributed by atoms with Gasteiger partial charge in [0.05, 0.1) is 6.10 Å². The lowest BCUT2D eigenvalue weighted by atomic mass is 10.1. The van der Waals surface area contributed by atoms with E-state index < -0.39 is 0 Å². The molecule has 0 saturated carbocycles. The first-order chi connectivity index (χ1) is 14.8. The van der Waals surface area contributed by atoms with Gasteiger partial charge in [-0.25, -0.2) is 4.89 Å². The number of aromatic nitrogens is 2. The zero-order valence-corrected chi connectivity index (χ0v) is 18.0. The van der Waals surface area contributed by atoms with Crippen LogP contribution in [0.25, 0.3) is 21.1 Å². The van der Waals surface area contributed by atoms with Gasteiger partial charge in [-0.2, -0.15) is 0 Å². The maximum atomic E-state index is 8.55. The summed E-state index contributed by atoms with van der Waals surface area (Å²) in [4.78, 5) is 6.60. The van der Waals surface area contributed by atoms with Crippen LogP contribution in [0.15, 0.2) is 48.5 Å². The molecule has 0 radical (unpaired) electrons. The Hall–Kier alpha value is -2.32. The molecule has 158 valence electrons. The van der Waals surface area contributed by atoms with Crippen LogP contribution < -0.4 is 4.90 Å². The van der Waals surface area contributed by atoms with E-state index in [-0.39, 0.29) is 6.61 Å². The molecule has 2 aromatic carbocycles. The van der Waals surface area contributed by atoms with Gasteiger partial charge in [-0.05, 0) is 49.1 Å².